The van der Waals surface area contributed by atoms with E-state index >= 15 is 0 Å². The van der Waals surface area contributed by atoms with Crippen LogP contribution in [0.1, 0.15) is 40.0 Å². The van der Waals surface area contributed by atoms with Crippen LogP contribution in [0.15, 0.2) is 0 Å². The molecule has 0 aromatic carbocycles. The van der Waals surface area contributed by atoms with Crippen LogP contribution >= 0.6 is 0 Å². The second-order valence-corrected chi connectivity index (χ2v) is 5.36. The Kier molecular flexibility index (Phi) is 4.77. The summed E-state index contributed by atoms with van der Waals surface area (Å²) in [6, 6.07) is 0. The van der Waals surface area contributed by atoms with E-state index in [2.05, 4.69) is 0 Å². The fraction of sp³-hybridized carbons (Fsp3) is 0.917. The summed E-state index contributed by atoms with van der Waals surface area (Å²) in [6.45, 7) is 6.02. The summed E-state index contributed by atoms with van der Waals surface area (Å²) in [5.74, 6) is 0. The van der Waals surface area contributed by atoms with Crippen molar-refractivity contribution >= 4 is 6.09 Å². The molecule has 1 amide bonds. The molecule has 17 heavy (non-hydrogen) atoms. The Bertz CT molecular complexity index is 262. The molecule has 1 aliphatic heterocycles. The number of ether oxygens (including phenoxy) is 2. The molecule has 1 N–H and O–H groups in total. The zero-order valence-corrected chi connectivity index (χ0v) is 11.1. The molecule has 5 heteroatoms. The van der Waals surface area contributed by atoms with Crippen molar-refractivity contribution in [3.8, 4) is 0 Å². The van der Waals surface area contributed by atoms with E-state index in [4.69, 9.17) is 9.47 Å². The summed E-state index contributed by atoms with van der Waals surface area (Å²) < 4.78 is 10.5. The summed E-state index contributed by atoms with van der Waals surface area (Å²) in [5, 5.41) is 9.89. The van der Waals surface area contributed by atoms with Gasteiger partial charge < -0.3 is 14.6 Å². The van der Waals surface area contributed by atoms with Gasteiger partial charge in [-0.15, -0.1) is 0 Å². The summed E-state index contributed by atoms with van der Waals surface area (Å²) in [5.41, 5.74) is -0.535. The van der Waals surface area contributed by atoms with Gasteiger partial charge in [-0.05, 0) is 40.0 Å². The molecule has 0 saturated carbocycles. The van der Waals surface area contributed by atoms with Gasteiger partial charge in [-0.2, -0.15) is 0 Å². The average Bonchev–Trinajstić information content (AvgIpc) is 2.37. The second-order valence-electron chi connectivity index (χ2n) is 5.36. The first-order valence-corrected chi connectivity index (χ1v) is 6.05. The first-order valence-electron chi connectivity index (χ1n) is 6.05. The molecule has 0 spiro atoms. The summed E-state index contributed by atoms with van der Waals surface area (Å²) >= 11 is 0. The molecule has 0 aromatic rings. The number of hydrogen-bond acceptors (Lipinski definition) is 4. The van der Waals surface area contributed by atoms with Gasteiger partial charge in [-0.1, -0.05) is 0 Å². The Morgan fingerprint density at radius 1 is 1.35 bits per heavy atom. The predicted molar refractivity (Wildman–Crippen MR) is 63.6 cm³/mol. The number of carbonyl (C=O) groups excluding carboxylic acids is 1. The number of nitrogens with zero attached hydrogens (tertiary/aromatic N) is 1. The van der Waals surface area contributed by atoms with Crippen LogP contribution in [-0.4, -0.2) is 47.7 Å². The summed E-state index contributed by atoms with van der Waals surface area (Å²) in [4.78, 5) is 13.5. The molecule has 1 fully saturated rings. The number of carbonyl (C=O) groups is 1. The van der Waals surface area contributed by atoms with E-state index in [0.717, 1.165) is 12.8 Å². The lowest BCUT2D eigenvalue weighted by Gasteiger charge is -2.33. The van der Waals surface area contributed by atoms with Gasteiger partial charge in [0.1, 0.15) is 5.60 Å². The molecule has 1 heterocycles. The summed E-state index contributed by atoms with van der Waals surface area (Å²) in [6.07, 6.45) is 0.724. The van der Waals surface area contributed by atoms with Gasteiger partial charge in [0.25, 0.3) is 0 Å². The minimum atomic E-state index is -0.644. The average molecular weight is 245 g/mol. The predicted octanol–water partition coefficient (Wildman–Crippen LogP) is 1.74. The third-order valence-electron chi connectivity index (χ3n) is 2.65. The first-order chi connectivity index (χ1) is 7.85. The van der Waals surface area contributed by atoms with Gasteiger partial charge in [-0.25, -0.2) is 4.79 Å². The molecule has 1 saturated heterocycles. The second kappa shape index (κ2) is 5.69. The Balaban J connectivity index is 2.73. The molecule has 1 rings (SSSR count). The molecule has 0 aliphatic carbocycles. The maximum atomic E-state index is 12.0. The molecule has 0 aromatic heterocycles. The monoisotopic (exact) mass is 245 g/mol. The number of rotatable bonds is 1. The number of amides is 1. The van der Waals surface area contributed by atoms with Crippen molar-refractivity contribution in [1.29, 1.82) is 0 Å². The summed E-state index contributed by atoms with van der Waals surface area (Å²) in [7, 11) is 1.50. The van der Waals surface area contributed by atoms with Gasteiger partial charge in [0, 0.05) is 13.7 Å². The standard InChI is InChI=1S/C12H23NO4/c1-12(2,3)17-11(15)13-8-6-5-7-9(14)10(13)16-4/h9-10,14H,5-8H2,1-4H3. The van der Waals surface area contributed by atoms with Crippen molar-refractivity contribution in [2.75, 3.05) is 13.7 Å². The number of hydrogen-bond donors (Lipinski definition) is 1. The Morgan fingerprint density at radius 2 is 2.00 bits per heavy atom. The van der Waals surface area contributed by atoms with E-state index in [9.17, 15) is 9.90 Å². The molecule has 2 unspecified atom stereocenters. The van der Waals surface area contributed by atoms with E-state index in [1.54, 1.807) is 0 Å². The smallest absolute Gasteiger partial charge is 0.412 e. The van der Waals surface area contributed by atoms with Crippen molar-refractivity contribution in [3.63, 3.8) is 0 Å². The van der Waals surface area contributed by atoms with Gasteiger partial charge in [-0.3, -0.25) is 4.90 Å². The minimum Gasteiger partial charge on any atom is -0.444 e. The lowest BCUT2D eigenvalue weighted by molar-refractivity contribution is -0.100. The fourth-order valence-electron chi connectivity index (χ4n) is 1.91. The highest BCUT2D eigenvalue weighted by Crippen LogP contribution is 2.20. The van der Waals surface area contributed by atoms with Gasteiger partial charge in [0.15, 0.2) is 6.23 Å². The zero-order valence-electron chi connectivity index (χ0n) is 11.1. The van der Waals surface area contributed by atoms with Crippen LogP contribution in [0, 0.1) is 0 Å². The molecule has 2 atom stereocenters. The van der Waals surface area contributed by atoms with Crippen molar-refractivity contribution in [3.05, 3.63) is 0 Å². The van der Waals surface area contributed by atoms with Gasteiger partial charge in [0.05, 0.1) is 6.10 Å². The van der Waals surface area contributed by atoms with Crippen LogP contribution in [-0.2, 0) is 9.47 Å². The van der Waals surface area contributed by atoms with Gasteiger partial charge in [0.2, 0.25) is 0 Å². The van der Waals surface area contributed by atoms with E-state index in [1.807, 2.05) is 20.8 Å². The highest BCUT2D eigenvalue weighted by molar-refractivity contribution is 5.68. The number of aliphatic hydroxyl groups excluding tert-OH is 1. The number of methoxy groups -OCH3 is 1. The quantitative estimate of drug-likeness (QED) is 0.764. The largest absolute Gasteiger partial charge is 0.444 e. The first kappa shape index (κ1) is 14.3. The zero-order chi connectivity index (χ0) is 13.1. The third kappa shape index (κ3) is 4.16. The van der Waals surface area contributed by atoms with Gasteiger partial charge >= 0.3 is 6.09 Å². The van der Waals surface area contributed by atoms with Crippen LogP contribution < -0.4 is 0 Å². The Morgan fingerprint density at radius 3 is 2.53 bits per heavy atom. The lowest BCUT2D eigenvalue weighted by Crippen LogP contribution is -2.49. The Hall–Kier alpha value is -0.810. The van der Waals surface area contributed by atoms with Crippen molar-refractivity contribution < 1.29 is 19.4 Å². The van der Waals surface area contributed by atoms with Crippen LogP contribution in [0.25, 0.3) is 0 Å². The molecule has 0 bridgehead atoms. The minimum absolute atomic E-state index is 0.426. The number of aliphatic hydroxyl groups is 1. The van der Waals surface area contributed by atoms with Crippen LogP contribution in [0.2, 0.25) is 0 Å². The van der Waals surface area contributed by atoms with Crippen LogP contribution in [0.3, 0.4) is 0 Å². The van der Waals surface area contributed by atoms with E-state index in [-0.39, 0.29) is 0 Å². The molecule has 1 aliphatic rings. The van der Waals surface area contributed by atoms with Crippen LogP contribution in [0.5, 0.6) is 0 Å². The highest BCUT2D eigenvalue weighted by atomic mass is 16.6. The number of likely N-dealkylation sites (tertiary alicyclic amines) is 1. The normalized spacial score (nSPS) is 26.5. The molecular weight excluding hydrogens is 222 g/mol. The topological polar surface area (TPSA) is 59.0 Å². The Labute approximate surface area is 103 Å². The fourth-order valence-corrected chi connectivity index (χ4v) is 1.91. The van der Waals surface area contributed by atoms with Crippen molar-refractivity contribution in [2.24, 2.45) is 0 Å². The van der Waals surface area contributed by atoms with E-state index < -0.39 is 24.0 Å². The van der Waals surface area contributed by atoms with Crippen molar-refractivity contribution in [2.45, 2.75) is 58.0 Å². The van der Waals surface area contributed by atoms with Crippen LogP contribution in [0.4, 0.5) is 4.79 Å². The highest BCUT2D eigenvalue weighted by Gasteiger charge is 2.34. The molecule has 0 radical (unpaired) electrons. The maximum absolute atomic E-state index is 12.0. The third-order valence-corrected chi connectivity index (χ3v) is 2.65. The van der Waals surface area contributed by atoms with E-state index in [1.165, 1.54) is 12.0 Å². The van der Waals surface area contributed by atoms with E-state index in [0.29, 0.717) is 13.0 Å². The van der Waals surface area contributed by atoms with Crippen molar-refractivity contribution in [1.82, 2.24) is 4.90 Å². The molecular formula is C12H23NO4. The molecule has 100 valence electrons. The lowest BCUT2D eigenvalue weighted by atomic mass is 10.2. The SMILES string of the molecule is COC1C(O)CCCCN1C(=O)OC(C)(C)C. The maximum Gasteiger partial charge on any atom is 0.412 e. The molecule has 5 nitrogen and oxygen atoms in total.